The van der Waals surface area contributed by atoms with E-state index in [0.717, 1.165) is 11.1 Å². The first-order valence-corrected chi connectivity index (χ1v) is 7.13. The zero-order valence-corrected chi connectivity index (χ0v) is 12.3. The molecule has 0 saturated carbocycles. The summed E-state index contributed by atoms with van der Waals surface area (Å²) in [5.41, 5.74) is 2.53. The Morgan fingerprint density at radius 1 is 1.23 bits per heavy atom. The first-order valence-electron chi connectivity index (χ1n) is 7.13. The minimum absolute atomic E-state index is 0.00912. The molecule has 0 amide bonds. The molecule has 0 bridgehead atoms. The van der Waals surface area contributed by atoms with E-state index in [-0.39, 0.29) is 18.5 Å². The van der Waals surface area contributed by atoms with Crippen LogP contribution in [0.5, 0.6) is 5.75 Å². The molecule has 22 heavy (non-hydrogen) atoms. The van der Waals surface area contributed by atoms with Crippen molar-refractivity contribution in [2.24, 2.45) is 0 Å². The van der Waals surface area contributed by atoms with Crippen molar-refractivity contribution >= 4 is 5.78 Å². The van der Waals surface area contributed by atoms with E-state index in [1.54, 1.807) is 0 Å². The van der Waals surface area contributed by atoms with E-state index in [1.165, 1.54) is 0 Å². The Morgan fingerprint density at radius 2 is 1.95 bits per heavy atom. The van der Waals surface area contributed by atoms with E-state index in [9.17, 15) is 4.79 Å². The van der Waals surface area contributed by atoms with Gasteiger partial charge >= 0.3 is 0 Å². The Morgan fingerprint density at radius 3 is 2.73 bits per heavy atom. The molecule has 0 spiro atoms. The molecule has 1 aliphatic heterocycles. The van der Waals surface area contributed by atoms with Crippen molar-refractivity contribution in [3.05, 3.63) is 65.2 Å². The molecule has 110 valence electrons. The average Bonchev–Trinajstić information content (AvgIpc) is 3.33. The van der Waals surface area contributed by atoms with Crippen LogP contribution in [0.15, 0.2) is 48.5 Å². The van der Waals surface area contributed by atoms with E-state index in [0.29, 0.717) is 11.3 Å². The number of aryl methyl sites for hydroxylation is 1. The topological polar surface area (TPSA) is 38.8 Å². The molecule has 2 unspecified atom stereocenters. The fourth-order valence-electron chi connectivity index (χ4n) is 2.52. The van der Waals surface area contributed by atoms with Crippen molar-refractivity contribution in [1.82, 2.24) is 0 Å². The normalized spacial score (nSPS) is 19.3. The van der Waals surface area contributed by atoms with Crippen LogP contribution in [0.3, 0.4) is 0 Å². The lowest BCUT2D eigenvalue weighted by molar-refractivity contribution is 0.0953. The van der Waals surface area contributed by atoms with Gasteiger partial charge < -0.3 is 9.47 Å². The predicted octanol–water partition coefficient (Wildman–Crippen LogP) is 3.33. The van der Waals surface area contributed by atoms with Crippen LogP contribution in [0.4, 0.5) is 0 Å². The molecule has 1 heterocycles. The van der Waals surface area contributed by atoms with Gasteiger partial charge in [0.15, 0.2) is 11.9 Å². The van der Waals surface area contributed by atoms with Crippen LogP contribution in [-0.4, -0.2) is 18.5 Å². The van der Waals surface area contributed by atoms with Gasteiger partial charge in [0.05, 0.1) is 0 Å². The molecule has 2 atom stereocenters. The first kappa shape index (κ1) is 14.4. The summed E-state index contributed by atoms with van der Waals surface area (Å²) in [5, 5.41) is 0. The van der Waals surface area contributed by atoms with Crippen LogP contribution in [0.1, 0.15) is 27.6 Å². The van der Waals surface area contributed by atoms with Gasteiger partial charge in [-0.2, -0.15) is 0 Å². The lowest BCUT2D eigenvalue weighted by Crippen LogP contribution is -2.10. The molecule has 1 saturated heterocycles. The number of epoxide rings is 1. The van der Waals surface area contributed by atoms with Crippen LogP contribution >= 0.6 is 0 Å². The Kier molecular flexibility index (Phi) is 3.95. The summed E-state index contributed by atoms with van der Waals surface area (Å²) in [6.45, 7) is 2.12. The van der Waals surface area contributed by atoms with Crippen molar-refractivity contribution in [2.45, 2.75) is 19.1 Å². The van der Waals surface area contributed by atoms with Crippen molar-refractivity contribution in [2.75, 3.05) is 6.61 Å². The summed E-state index contributed by atoms with van der Waals surface area (Å²) in [6.07, 6.45) is 4.52. The van der Waals surface area contributed by atoms with E-state index >= 15 is 0 Å². The zero-order chi connectivity index (χ0) is 15.5. The Bertz CT molecular complexity index is 742. The molecule has 1 fully saturated rings. The van der Waals surface area contributed by atoms with Gasteiger partial charge in [-0.05, 0) is 18.6 Å². The molecule has 0 aliphatic carbocycles. The molecular weight excluding hydrogens is 276 g/mol. The monoisotopic (exact) mass is 292 g/mol. The molecule has 1 aliphatic rings. The van der Waals surface area contributed by atoms with Crippen LogP contribution < -0.4 is 4.74 Å². The van der Waals surface area contributed by atoms with Gasteiger partial charge in [-0.25, -0.2) is 0 Å². The third kappa shape index (κ3) is 2.74. The standard InChI is InChI=1S/C19H16O3/c1-3-12-21-16-11-7-6-10-15(16)18-19(22-18)17(20)14-9-5-4-8-13(14)2/h1,4-11,18-19H,12H2,2H3. The van der Waals surface area contributed by atoms with E-state index in [4.69, 9.17) is 15.9 Å². The predicted molar refractivity (Wildman–Crippen MR) is 83.9 cm³/mol. The maximum atomic E-state index is 12.5. The zero-order valence-electron chi connectivity index (χ0n) is 12.3. The summed E-state index contributed by atoms with van der Waals surface area (Å²) < 4.78 is 11.1. The number of Topliss-reactive ketones (excluding diaryl/α,β-unsaturated/α-hetero) is 1. The second-order valence-electron chi connectivity index (χ2n) is 5.19. The summed E-state index contributed by atoms with van der Waals surface area (Å²) in [4.78, 5) is 12.5. The van der Waals surface area contributed by atoms with Gasteiger partial charge in [0, 0.05) is 11.1 Å². The van der Waals surface area contributed by atoms with E-state index < -0.39 is 6.10 Å². The molecule has 2 aromatic rings. The van der Waals surface area contributed by atoms with Crippen LogP contribution in [0.25, 0.3) is 0 Å². The van der Waals surface area contributed by atoms with Gasteiger partial charge in [0.25, 0.3) is 0 Å². The molecule has 0 aromatic heterocycles. The molecule has 2 aromatic carbocycles. The Balaban J connectivity index is 1.79. The molecule has 3 rings (SSSR count). The lowest BCUT2D eigenvalue weighted by Gasteiger charge is -2.07. The second kappa shape index (κ2) is 6.05. The minimum Gasteiger partial charge on any atom is -0.481 e. The third-order valence-electron chi connectivity index (χ3n) is 3.70. The van der Waals surface area contributed by atoms with Crippen LogP contribution in [0, 0.1) is 19.3 Å². The van der Waals surface area contributed by atoms with Gasteiger partial charge in [0.2, 0.25) is 0 Å². The molecule has 0 N–H and O–H groups in total. The number of carbonyl (C=O) groups is 1. The van der Waals surface area contributed by atoms with E-state index in [1.807, 2.05) is 55.5 Å². The van der Waals surface area contributed by atoms with Crippen LogP contribution in [-0.2, 0) is 4.74 Å². The summed E-state index contributed by atoms with van der Waals surface area (Å²) in [7, 11) is 0. The third-order valence-corrected chi connectivity index (χ3v) is 3.70. The highest BCUT2D eigenvalue weighted by Crippen LogP contribution is 2.44. The van der Waals surface area contributed by atoms with Crippen LogP contribution in [0.2, 0.25) is 0 Å². The maximum Gasteiger partial charge on any atom is 0.194 e. The molecule has 3 nitrogen and oxygen atoms in total. The number of hydrogen-bond acceptors (Lipinski definition) is 3. The molecule has 0 radical (unpaired) electrons. The van der Waals surface area contributed by atoms with Gasteiger partial charge in [0.1, 0.15) is 18.5 Å². The smallest absolute Gasteiger partial charge is 0.194 e. The van der Waals surface area contributed by atoms with E-state index in [2.05, 4.69) is 5.92 Å². The average molecular weight is 292 g/mol. The highest BCUT2D eigenvalue weighted by Gasteiger charge is 2.47. The largest absolute Gasteiger partial charge is 0.481 e. The van der Waals surface area contributed by atoms with Crippen molar-refractivity contribution in [3.63, 3.8) is 0 Å². The minimum atomic E-state index is -0.448. The number of benzene rings is 2. The molecule has 3 heteroatoms. The molecular formula is C19H16O3. The van der Waals surface area contributed by atoms with Crippen molar-refractivity contribution in [1.29, 1.82) is 0 Å². The lowest BCUT2D eigenvalue weighted by atomic mass is 9.99. The fourth-order valence-corrected chi connectivity index (χ4v) is 2.52. The SMILES string of the molecule is C#CCOc1ccccc1C1OC1C(=O)c1ccccc1C. The number of carbonyl (C=O) groups excluding carboxylic acids is 1. The fraction of sp³-hybridized carbons (Fsp3) is 0.211. The Hall–Kier alpha value is -2.57. The van der Waals surface area contributed by atoms with Gasteiger partial charge in [-0.1, -0.05) is 48.4 Å². The Labute approximate surface area is 129 Å². The van der Waals surface area contributed by atoms with Crippen molar-refractivity contribution < 1.29 is 14.3 Å². The quantitative estimate of drug-likeness (QED) is 0.482. The summed E-state index contributed by atoms with van der Waals surface area (Å²) >= 11 is 0. The number of hydrogen-bond donors (Lipinski definition) is 0. The number of terminal acetylenes is 1. The van der Waals surface area contributed by atoms with Gasteiger partial charge in [-0.3, -0.25) is 4.79 Å². The van der Waals surface area contributed by atoms with Crippen molar-refractivity contribution in [3.8, 4) is 18.1 Å². The first-order chi connectivity index (χ1) is 10.7. The number of para-hydroxylation sites is 1. The maximum absolute atomic E-state index is 12.5. The second-order valence-corrected chi connectivity index (χ2v) is 5.19. The summed E-state index contributed by atoms with van der Waals surface area (Å²) in [5.74, 6) is 3.12. The highest BCUT2D eigenvalue weighted by molar-refractivity contribution is 6.02. The number of rotatable bonds is 5. The summed E-state index contributed by atoms with van der Waals surface area (Å²) in [6, 6.07) is 15.0. The van der Waals surface area contributed by atoms with Gasteiger partial charge in [-0.15, -0.1) is 6.42 Å². The number of ether oxygens (including phenoxy) is 2. The highest BCUT2D eigenvalue weighted by atomic mass is 16.6. The number of ketones is 1.